The number of aliphatic carboxylic acids is 1. The first-order chi connectivity index (χ1) is 8.43. The van der Waals surface area contributed by atoms with E-state index in [4.69, 9.17) is 10.8 Å². The van der Waals surface area contributed by atoms with Gasteiger partial charge in [-0.05, 0) is 30.9 Å². The van der Waals surface area contributed by atoms with Crippen LogP contribution in [0.5, 0.6) is 0 Å². The van der Waals surface area contributed by atoms with Gasteiger partial charge in [0.1, 0.15) is 6.04 Å². The summed E-state index contributed by atoms with van der Waals surface area (Å²) in [6.45, 7) is 0. The molecule has 5 nitrogen and oxygen atoms in total. The maximum Gasteiger partial charge on any atom is 0.320 e. The Hall–Kier alpha value is -1.40. The van der Waals surface area contributed by atoms with Crippen molar-refractivity contribution >= 4 is 15.8 Å². The van der Waals surface area contributed by atoms with Crippen molar-refractivity contribution in [3.05, 3.63) is 29.8 Å². The molecular formula is C12H15NO4S. The molecule has 1 aromatic carbocycles. The summed E-state index contributed by atoms with van der Waals surface area (Å²) < 4.78 is 24.4. The molecule has 1 aromatic rings. The van der Waals surface area contributed by atoms with Crippen LogP contribution in [0.25, 0.3) is 0 Å². The van der Waals surface area contributed by atoms with Crippen molar-refractivity contribution in [2.24, 2.45) is 5.73 Å². The highest BCUT2D eigenvalue weighted by Crippen LogP contribution is 2.35. The third-order valence-electron chi connectivity index (χ3n) is 3.00. The summed E-state index contributed by atoms with van der Waals surface area (Å²) >= 11 is 0. The second-order valence-electron chi connectivity index (χ2n) is 4.50. The molecule has 0 heterocycles. The van der Waals surface area contributed by atoms with Crippen LogP contribution < -0.4 is 5.73 Å². The van der Waals surface area contributed by atoms with Crippen LogP contribution in [0.4, 0.5) is 0 Å². The molecule has 1 atom stereocenters. The van der Waals surface area contributed by atoms with Crippen molar-refractivity contribution in [3.63, 3.8) is 0 Å². The molecule has 18 heavy (non-hydrogen) atoms. The van der Waals surface area contributed by atoms with Gasteiger partial charge in [-0.2, -0.15) is 0 Å². The van der Waals surface area contributed by atoms with Crippen molar-refractivity contribution in [1.82, 2.24) is 0 Å². The highest BCUT2D eigenvalue weighted by molar-refractivity contribution is 7.92. The van der Waals surface area contributed by atoms with Gasteiger partial charge in [0.05, 0.1) is 10.1 Å². The lowest BCUT2D eigenvalue weighted by atomic mass is 10.1. The summed E-state index contributed by atoms with van der Waals surface area (Å²) in [5, 5.41) is 8.48. The van der Waals surface area contributed by atoms with Gasteiger partial charge in [0.2, 0.25) is 0 Å². The van der Waals surface area contributed by atoms with Gasteiger partial charge >= 0.3 is 5.97 Å². The first-order valence-electron chi connectivity index (χ1n) is 5.73. The fourth-order valence-electron chi connectivity index (χ4n) is 1.83. The maximum atomic E-state index is 12.2. The number of nitrogens with two attached hydrogens (primary N) is 1. The Balaban J connectivity index is 2.34. The van der Waals surface area contributed by atoms with E-state index in [-0.39, 0.29) is 16.6 Å². The van der Waals surface area contributed by atoms with Crippen LogP contribution in [-0.2, 0) is 21.1 Å². The van der Waals surface area contributed by atoms with Gasteiger partial charge in [-0.3, -0.25) is 4.79 Å². The molecule has 0 bridgehead atoms. The molecule has 0 amide bonds. The van der Waals surface area contributed by atoms with E-state index in [0.29, 0.717) is 18.4 Å². The SMILES string of the molecule is NC(Cc1ccccc1S(=O)(=O)C1CC1)C(=O)O. The van der Waals surface area contributed by atoms with Gasteiger partial charge < -0.3 is 10.8 Å². The average Bonchev–Trinajstić information content (AvgIpc) is 3.13. The Morgan fingerprint density at radius 3 is 2.56 bits per heavy atom. The molecule has 1 unspecified atom stereocenters. The van der Waals surface area contributed by atoms with Gasteiger partial charge in [0.15, 0.2) is 9.84 Å². The van der Waals surface area contributed by atoms with E-state index in [1.807, 2.05) is 0 Å². The molecule has 2 rings (SSSR count). The largest absolute Gasteiger partial charge is 0.480 e. The first kappa shape index (κ1) is 13.0. The number of carbonyl (C=O) groups is 1. The van der Waals surface area contributed by atoms with Crippen LogP contribution in [0.2, 0.25) is 0 Å². The molecule has 3 N–H and O–H groups in total. The van der Waals surface area contributed by atoms with Gasteiger partial charge in [-0.15, -0.1) is 0 Å². The summed E-state index contributed by atoms with van der Waals surface area (Å²) in [5.74, 6) is -1.13. The van der Waals surface area contributed by atoms with Crippen LogP contribution in [0.15, 0.2) is 29.2 Å². The first-order valence-corrected chi connectivity index (χ1v) is 7.27. The van der Waals surface area contributed by atoms with Crippen molar-refractivity contribution < 1.29 is 18.3 Å². The highest BCUT2D eigenvalue weighted by atomic mass is 32.2. The number of hydrogen-bond acceptors (Lipinski definition) is 4. The minimum Gasteiger partial charge on any atom is -0.480 e. The van der Waals surface area contributed by atoms with E-state index in [1.54, 1.807) is 18.2 Å². The van der Waals surface area contributed by atoms with Gasteiger partial charge in [0, 0.05) is 0 Å². The summed E-state index contributed by atoms with van der Waals surface area (Å²) in [6.07, 6.45) is 1.39. The quantitative estimate of drug-likeness (QED) is 0.814. The van der Waals surface area contributed by atoms with Crippen molar-refractivity contribution in [2.75, 3.05) is 0 Å². The standard InChI is InChI=1S/C12H15NO4S/c13-10(12(14)15)7-8-3-1-2-4-11(8)18(16,17)9-5-6-9/h1-4,9-10H,5-7,13H2,(H,14,15). The van der Waals surface area contributed by atoms with E-state index in [2.05, 4.69) is 0 Å². The van der Waals surface area contributed by atoms with Crippen LogP contribution in [0.3, 0.4) is 0 Å². The number of sulfone groups is 1. The minimum atomic E-state index is -3.32. The van der Waals surface area contributed by atoms with Gasteiger partial charge in [-0.25, -0.2) is 8.42 Å². The van der Waals surface area contributed by atoms with Crippen molar-refractivity contribution in [3.8, 4) is 0 Å². The lowest BCUT2D eigenvalue weighted by Gasteiger charge is -2.12. The summed E-state index contributed by atoms with van der Waals surface area (Å²) in [6, 6.07) is 5.40. The topological polar surface area (TPSA) is 97.5 Å². The fraction of sp³-hybridized carbons (Fsp3) is 0.417. The Kier molecular flexibility index (Phi) is 3.41. The molecule has 1 saturated carbocycles. The maximum absolute atomic E-state index is 12.2. The minimum absolute atomic E-state index is 0.0253. The lowest BCUT2D eigenvalue weighted by molar-refractivity contribution is -0.138. The van der Waals surface area contributed by atoms with Crippen molar-refractivity contribution in [2.45, 2.75) is 35.4 Å². The monoisotopic (exact) mass is 269 g/mol. The molecule has 0 saturated heterocycles. The van der Waals surface area contributed by atoms with Crippen LogP contribution in [-0.4, -0.2) is 30.8 Å². The average molecular weight is 269 g/mol. The highest BCUT2D eigenvalue weighted by Gasteiger charge is 2.38. The summed E-state index contributed by atoms with van der Waals surface area (Å²) in [5.41, 5.74) is 5.94. The molecule has 1 aliphatic carbocycles. The number of benzene rings is 1. The third-order valence-corrected chi connectivity index (χ3v) is 5.36. The molecular weight excluding hydrogens is 254 g/mol. The van der Waals surface area contributed by atoms with E-state index >= 15 is 0 Å². The Morgan fingerprint density at radius 1 is 1.39 bits per heavy atom. The van der Waals surface area contributed by atoms with Gasteiger partial charge in [-0.1, -0.05) is 18.2 Å². The summed E-state index contributed by atoms with van der Waals surface area (Å²) in [7, 11) is -3.32. The van der Waals surface area contributed by atoms with Crippen LogP contribution in [0, 0.1) is 0 Å². The Bertz CT molecular complexity index is 563. The van der Waals surface area contributed by atoms with Crippen LogP contribution in [0.1, 0.15) is 18.4 Å². The zero-order valence-electron chi connectivity index (χ0n) is 9.74. The molecule has 6 heteroatoms. The van der Waals surface area contributed by atoms with E-state index in [0.717, 1.165) is 0 Å². The van der Waals surface area contributed by atoms with E-state index < -0.39 is 21.8 Å². The number of rotatable bonds is 5. The molecule has 1 aliphatic rings. The predicted molar refractivity (Wildman–Crippen MR) is 66.0 cm³/mol. The number of carboxylic acid groups (broad SMARTS) is 1. The number of carboxylic acids is 1. The zero-order valence-corrected chi connectivity index (χ0v) is 10.6. The lowest BCUT2D eigenvalue weighted by Crippen LogP contribution is -2.32. The van der Waals surface area contributed by atoms with E-state index in [9.17, 15) is 13.2 Å². The molecule has 0 radical (unpaired) electrons. The third kappa shape index (κ3) is 2.54. The Labute approximate surface area is 106 Å². The second-order valence-corrected chi connectivity index (χ2v) is 6.70. The smallest absolute Gasteiger partial charge is 0.320 e. The molecule has 0 aliphatic heterocycles. The van der Waals surface area contributed by atoms with E-state index in [1.165, 1.54) is 6.07 Å². The molecule has 1 fully saturated rings. The Morgan fingerprint density at radius 2 is 2.00 bits per heavy atom. The van der Waals surface area contributed by atoms with Crippen molar-refractivity contribution in [1.29, 1.82) is 0 Å². The molecule has 98 valence electrons. The normalized spacial score (nSPS) is 17.4. The van der Waals surface area contributed by atoms with Gasteiger partial charge in [0.25, 0.3) is 0 Å². The molecule has 0 aromatic heterocycles. The zero-order chi connectivity index (χ0) is 13.3. The summed E-state index contributed by atoms with van der Waals surface area (Å²) in [4.78, 5) is 11.0. The number of hydrogen-bond donors (Lipinski definition) is 2. The van der Waals surface area contributed by atoms with Crippen LogP contribution >= 0.6 is 0 Å². The fourth-order valence-corrected chi connectivity index (χ4v) is 3.73. The second kappa shape index (κ2) is 4.70. The predicted octanol–water partition coefficient (Wildman–Crippen LogP) is 0.577. The molecule has 0 spiro atoms.